The maximum Gasteiger partial charge on any atom is 0.490 e. The van der Waals surface area contributed by atoms with E-state index in [4.69, 9.17) is 9.31 Å². The van der Waals surface area contributed by atoms with E-state index in [1.54, 1.807) is 0 Å². The van der Waals surface area contributed by atoms with E-state index >= 15 is 0 Å². The average molecular weight is 396 g/mol. The number of carbonyl (C=O) groups is 1. The van der Waals surface area contributed by atoms with E-state index in [-0.39, 0.29) is 24.2 Å². The monoisotopic (exact) mass is 396 g/mol. The van der Waals surface area contributed by atoms with E-state index < -0.39 is 0 Å². The minimum absolute atomic E-state index is 0.0248. The Hall–Kier alpha value is -1.43. The third-order valence-corrected chi connectivity index (χ3v) is 7.73. The van der Waals surface area contributed by atoms with Crippen LogP contribution in [0.2, 0.25) is 0 Å². The molecule has 5 heteroatoms. The molecule has 0 bridgehead atoms. The van der Waals surface area contributed by atoms with Crippen molar-refractivity contribution in [3.8, 4) is 0 Å². The van der Waals surface area contributed by atoms with Gasteiger partial charge >= 0.3 is 7.12 Å². The molecule has 1 aliphatic heterocycles. The van der Waals surface area contributed by atoms with Crippen molar-refractivity contribution in [2.45, 2.75) is 71.5 Å². The smallest absolute Gasteiger partial charge is 0.400 e. The Morgan fingerprint density at radius 1 is 1.18 bits per heavy atom. The quantitative estimate of drug-likeness (QED) is 0.478. The van der Waals surface area contributed by atoms with Gasteiger partial charge in [-0.2, -0.15) is 0 Å². The van der Waals surface area contributed by atoms with Crippen LogP contribution in [-0.4, -0.2) is 24.6 Å². The Morgan fingerprint density at radius 3 is 2.50 bits per heavy atom. The lowest BCUT2D eigenvalue weighted by Crippen LogP contribution is -2.41. The molecular weight excluding hydrogens is 367 g/mol. The van der Waals surface area contributed by atoms with Crippen LogP contribution in [-0.2, 0) is 14.1 Å². The van der Waals surface area contributed by atoms with Crippen molar-refractivity contribution >= 4 is 35.9 Å². The molecule has 1 aromatic rings. The van der Waals surface area contributed by atoms with Crippen LogP contribution in [0.3, 0.4) is 0 Å². The third-order valence-electron chi connectivity index (χ3n) is 6.63. The fourth-order valence-corrected chi connectivity index (χ4v) is 5.23. The predicted octanol–water partition coefficient (Wildman–Crippen LogP) is 5.78. The Bertz CT molecular complexity index is 872. The van der Waals surface area contributed by atoms with Gasteiger partial charge in [0.1, 0.15) is 6.29 Å². The number of aryl methyl sites for hydroxylation is 1. The first-order valence-corrected chi connectivity index (χ1v) is 11.1. The van der Waals surface area contributed by atoms with Crippen molar-refractivity contribution in [2.24, 2.45) is 5.92 Å². The van der Waals surface area contributed by atoms with Crippen LogP contribution in [0, 0.1) is 12.8 Å². The molecule has 0 saturated carbocycles. The number of aldehydes is 1. The second-order valence-corrected chi connectivity index (χ2v) is 10.3. The maximum absolute atomic E-state index is 11.0. The van der Waals surface area contributed by atoms with Crippen molar-refractivity contribution in [3.63, 3.8) is 0 Å². The molecule has 4 rings (SSSR count). The van der Waals surface area contributed by atoms with Crippen molar-refractivity contribution < 1.29 is 14.1 Å². The standard InChI is InChI=1S/C23H29BO3S/c1-15-19(13-21(28-15)17-11-9-16(14-25)10-12-17)18-7-6-8-20(18)24-26-22(2,3)23(4,5)27-24/h9,11-14,16H,6-8,10H2,1-5H3. The van der Waals surface area contributed by atoms with Crippen LogP contribution < -0.4 is 0 Å². The average Bonchev–Trinajstić information content (AvgIpc) is 3.31. The molecule has 1 saturated heterocycles. The molecule has 3 nitrogen and oxygen atoms in total. The van der Waals surface area contributed by atoms with Crippen LogP contribution in [0.15, 0.2) is 29.8 Å². The van der Waals surface area contributed by atoms with E-state index in [0.717, 1.165) is 32.0 Å². The van der Waals surface area contributed by atoms with Gasteiger partial charge in [0, 0.05) is 15.7 Å². The molecule has 1 fully saturated rings. The van der Waals surface area contributed by atoms with Gasteiger partial charge in [-0.05, 0) is 88.6 Å². The SMILES string of the molecule is Cc1sc(C2=CCC(C=O)C=C2)cc1C1=C(B2OC(C)(C)C(C)(C)O2)CCC1. The summed E-state index contributed by atoms with van der Waals surface area (Å²) >= 11 is 1.84. The summed E-state index contributed by atoms with van der Waals surface area (Å²) in [6.07, 6.45) is 11.4. The molecule has 28 heavy (non-hydrogen) atoms. The molecule has 0 amide bonds. The molecule has 0 N–H and O–H groups in total. The van der Waals surface area contributed by atoms with Gasteiger partial charge in [-0.15, -0.1) is 11.3 Å². The molecule has 1 unspecified atom stereocenters. The van der Waals surface area contributed by atoms with E-state index in [1.165, 1.54) is 31.9 Å². The molecule has 3 aliphatic rings. The first-order valence-electron chi connectivity index (χ1n) is 10.2. The number of hydrogen-bond acceptors (Lipinski definition) is 4. The summed E-state index contributed by atoms with van der Waals surface area (Å²) in [7, 11) is -0.243. The second-order valence-electron chi connectivity index (χ2n) is 9.08. The maximum atomic E-state index is 11.0. The molecule has 1 aromatic heterocycles. The fourth-order valence-electron chi connectivity index (χ4n) is 4.16. The Kier molecular flexibility index (Phi) is 5.05. The van der Waals surface area contributed by atoms with Crippen LogP contribution in [0.4, 0.5) is 0 Å². The van der Waals surface area contributed by atoms with E-state index in [0.29, 0.717) is 0 Å². The van der Waals surface area contributed by atoms with Crippen molar-refractivity contribution in [2.75, 3.05) is 0 Å². The highest BCUT2D eigenvalue weighted by molar-refractivity contribution is 7.13. The van der Waals surface area contributed by atoms with E-state index in [9.17, 15) is 4.79 Å². The molecule has 2 aliphatic carbocycles. The zero-order valence-electron chi connectivity index (χ0n) is 17.5. The van der Waals surface area contributed by atoms with Crippen LogP contribution in [0.5, 0.6) is 0 Å². The number of rotatable bonds is 4. The number of allylic oxidation sites excluding steroid dienone is 6. The fraction of sp³-hybridized carbons (Fsp3) is 0.522. The van der Waals surface area contributed by atoms with Crippen molar-refractivity contribution in [3.05, 3.63) is 45.1 Å². The zero-order valence-corrected chi connectivity index (χ0v) is 18.3. The summed E-state index contributed by atoms with van der Waals surface area (Å²) in [5.41, 5.74) is 4.69. The predicted molar refractivity (Wildman–Crippen MR) is 117 cm³/mol. The van der Waals surface area contributed by atoms with Crippen molar-refractivity contribution in [1.82, 2.24) is 0 Å². The van der Waals surface area contributed by atoms with Gasteiger partial charge in [0.15, 0.2) is 0 Å². The highest BCUT2D eigenvalue weighted by atomic mass is 32.1. The summed E-state index contributed by atoms with van der Waals surface area (Å²) in [5, 5.41) is 0. The highest BCUT2D eigenvalue weighted by Crippen LogP contribution is 2.46. The largest absolute Gasteiger partial charge is 0.490 e. The second kappa shape index (κ2) is 7.12. The van der Waals surface area contributed by atoms with Gasteiger partial charge in [-0.1, -0.05) is 18.2 Å². The Morgan fingerprint density at radius 2 is 1.89 bits per heavy atom. The Balaban J connectivity index is 1.65. The van der Waals surface area contributed by atoms with Crippen LogP contribution >= 0.6 is 11.3 Å². The summed E-state index contributed by atoms with van der Waals surface area (Å²) < 4.78 is 12.7. The van der Waals surface area contributed by atoms with Gasteiger partial charge in [0.05, 0.1) is 11.2 Å². The number of carbonyl (C=O) groups excluding carboxylic acids is 1. The molecule has 0 radical (unpaired) electrons. The van der Waals surface area contributed by atoms with Crippen LogP contribution in [0.25, 0.3) is 11.1 Å². The van der Waals surface area contributed by atoms with Crippen molar-refractivity contribution in [1.29, 1.82) is 0 Å². The normalized spacial score (nSPS) is 26.1. The van der Waals surface area contributed by atoms with Gasteiger partial charge in [0.25, 0.3) is 0 Å². The zero-order chi connectivity index (χ0) is 20.1. The summed E-state index contributed by atoms with van der Waals surface area (Å²) in [6, 6.07) is 2.32. The first-order chi connectivity index (χ1) is 13.2. The molecular formula is C23H29BO3S. The number of thiophene rings is 1. The lowest BCUT2D eigenvalue weighted by Gasteiger charge is -2.32. The minimum atomic E-state index is -0.306. The lowest BCUT2D eigenvalue weighted by atomic mass is 9.74. The molecule has 0 spiro atoms. The first kappa shape index (κ1) is 19.9. The molecule has 0 aromatic carbocycles. The highest BCUT2D eigenvalue weighted by Gasteiger charge is 2.53. The topological polar surface area (TPSA) is 35.5 Å². The molecule has 2 heterocycles. The van der Waals surface area contributed by atoms with Gasteiger partial charge in [-0.3, -0.25) is 0 Å². The van der Waals surface area contributed by atoms with E-state index in [1.807, 2.05) is 17.4 Å². The summed E-state index contributed by atoms with van der Waals surface area (Å²) in [4.78, 5) is 13.6. The minimum Gasteiger partial charge on any atom is -0.400 e. The van der Waals surface area contributed by atoms with Gasteiger partial charge in [-0.25, -0.2) is 0 Å². The summed E-state index contributed by atoms with van der Waals surface area (Å²) in [5.74, 6) is 0.0248. The third kappa shape index (κ3) is 3.38. The Labute approximate surface area is 172 Å². The molecule has 1 atom stereocenters. The lowest BCUT2D eigenvalue weighted by molar-refractivity contribution is -0.109. The van der Waals surface area contributed by atoms with E-state index in [2.05, 4.69) is 52.8 Å². The summed E-state index contributed by atoms with van der Waals surface area (Å²) in [6.45, 7) is 10.7. The van der Waals surface area contributed by atoms with Gasteiger partial charge in [0.2, 0.25) is 0 Å². The van der Waals surface area contributed by atoms with Crippen LogP contribution in [0.1, 0.15) is 68.7 Å². The van der Waals surface area contributed by atoms with Gasteiger partial charge < -0.3 is 14.1 Å². The number of hydrogen-bond donors (Lipinski definition) is 0. The molecule has 148 valence electrons.